The molecule has 0 saturated heterocycles. The van der Waals surface area contributed by atoms with E-state index in [1.807, 2.05) is 12.1 Å². The van der Waals surface area contributed by atoms with Gasteiger partial charge in [0.25, 0.3) is 0 Å². The summed E-state index contributed by atoms with van der Waals surface area (Å²) in [7, 11) is 0. The number of hydrogen-bond acceptors (Lipinski definition) is 3. The Morgan fingerprint density at radius 2 is 2.00 bits per heavy atom. The van der Waals surface area contributed by atoms with E-state index in [0.29, 0.717) is 11.3 Å². The average molecular weight is 253 g/mol. The van der Waals surface area contributed by atoms with Gasteiger partial charge in [0.15, 0.2) is 0 Å². The molecule has 2 aromatic rings. The van der Waals surface area contributed by atoms with Crippen molar-refractivity contribution in [2.75, 3.05) is 0 Å². The van der Waals surface area contributed by atoms with Crippen LogP contribution in [0.2, 0.25) is 0 Å². The molecule has 0 aliphatic carbocycles. The normalized spacial score (nSPS) is 9.63. The van der Waals surface area contributed by atoms with Gasteiger partial charge < -0.3 is 9.84 Å². The summed E-state index contributed by atoms with van der Waals surface area (Å²) < 4.78 is 5.49. The zero-order chi connectivity index (χ0) is 13.7. The van der Waals surface area contributed by atoms with Crippen molar-refractivity contribution in [3.8, 4) is 11.8 Å². The second-order valence-electron chi connectivity index (χ2n) is 3.90. The Hall–Kier alpha value is -2.80. The topological polar surface area (TPSA) is 70.3 Å². The van der Waals surface area contributed by atoms with Gasteiger partial charge in [0, 0.05) is 0 Å². The first-order chi connectivity index (χ1) is 9.20. The summed E-state index contributed by atoms with van der Waals surface area (Å²) in [5.41, 5.74) is 1.49. The third-order valence-corrected chi connectivity index (χ3v) is 2.57. The highest BCUT2D eigenvalue weighted by Gasteiger charge is 2.10. The van der Waals surface area contributed by atoms with Crippen LogP contribution in [0.25, 0.3) is 0 Å². The molecule has 0 bridgehead atoms. The highest BCUT2D eigenvalue weighted by molar-refractivity contribution is 5.90. The molecule has 0 aliphatic heterocycles. The van der Waals surface area contributed by atoms with Crippen LogP contribution in [-0.2, 0) is 6.61 Å². The van der Waals surface area contributed by atoms with Gasteiger partial charge in [0.1, 0.15) is 17.9 Å². The Bertz CT molecular complexity index is 644. The van der Waals surface area contributed by atoms with Gasteiger partial charge in [-0.2, -0.15) is 5.26 Å². The summed E-state index contributed by atoms with van der Waals surface area (Å²) in [6.45, 7) is 0.222. The zero-order valence-corrected chi connectivity index (χ0v) is 10.0. The Kier molecular flexibility index (Phi) is 3.79. The van der Waals surface area contributed by atoms with Crippen LogP contribution in [0.15, 0.2) is 48.5 Å². The molecule has 0 aromatic heterocycles. The summed E-state index contributed by atoms with van der Waals surface area (Å²) in [5, 5.41) is 17.8. The summed E-state index contributed by atoms with van der Waals surface area (Å²) in [5.74, 6) is -0.710. The van der Waals surface area contributed by atoms with E-state index in [1.54, 1.807) is 36.4 Å². The third-order valence-electron chi connectivity index (χ3n) is 2.57. The number of carboxylic acids is 1. The molecule has 2 aromatic carbocycles. The molecule has 1 N–H and O–H groups in total. The number of ether oxygens (including phenoxy) is 1. The van der Waals surface area contributed by atoms with Crippen LogP contribution in [0.5, 0.6) is 5.75 Å². The van der Waals surface area contributed by atoms with Crippen molar-refractivity contribution in [2.24, 2.45) is 0 Å². The van der Waals surface area contributed by atoms with Crippen LogP contribution in [-0.4, -0.2) is 11.1 Å². The van der Waals surface area contributed by atoms with Crippen molar-refractivity contribution in [2.45, 2.75) is 6.61 Å². The van der Waals surface area contributed by atoms with Gasteiger partial charge in [0.05, 0.1) is 11.6 Å². The van der Waals surface area contributed by atoms with Crippen molar-refractivity contribution in [3.05, 3.63) is 65.2 Å². The Balaban J connectivity index is 2.15. The zero-order valence-electron chi connectivity index (χ0n) is 10.0. The van der Waals surface area contributed by atoms with Crippen molar-refractivity contribution in [1.29, 1.82) is 5.26 Å². The highest BCUT2D eigenvalue weighted by atomic mass is 16.5. The number of nitriles is 1. The highest BCUT2D eigenvalue weighted by Crippen LogP contribution is 2.19. The van der Waals surface area contributed by atoms with Gasteiger partial charge in [-0.3, -0.25) is 0 Å². The number of para-hydroxylation sites is 1. The molecule has 0 amide bonds. The van der Waals surface area contributed by atoms with Crippen molar-refractivity contribution in [1.82, 2.24) is 0 Å². The van der Waals surface area contributed by atoms with Crippen LogP contribution >= 0.6 is 0 Å². The van der Waals surface area contributed by atoms with Gasteiger partial charge >= 0.3 is 5.97 Å². The second-order valence-corrected chi connectivity index (χ2v) is 3.90. The number of aromatic carboxylic acids is 1. The fraction of sp³-hybridized carbons (Fsp3) is 0.0667. The van der Waals surface area contributed by atoms with Gasteiger partial charge in [-0.1, -0.05) is 24.3 Å². The van der Waals surface area contributed by atoms with Crippen LogP contribution in [0, 0.1) is 11.3 Å². The van der Waals surface area contributed by atoms with E-state index in [1.165, 1.54) is 6.07 Å². The predicted octanol–water partition coefficient (Wildman–Crippen LogP) is 2.84. The van der Waals surface area contributed by atoms with E-state index in [0.717, 1.165) is 5.56 Å². The standard InChI is InChI=1S/C15H11NO3/c16-9-11-4-3-5-12(8-11)10-19-14-7-2-1-6-13(14)15(17)18/h1-8H,10H2,(H,17,18). The minimum absolute atomic E-state index is 0.124. The predicted molar refractivity (Wildman–Crippen MR) is 68.9 cm³/mol. The summed E-state index contributed by atoms with van der Waals surface area (Å²) in [6.07, 6.45) is 0. The quantitative estimate of drug-likeness (QED) is 0.909. The number of benzene rings is 2. The van der Waals surface area contributed by atoms with Gasteiger partial charge in [0.2, 0.25) is 0 Å². The first kappa shape index (κ1) is 12.7. The molecule has 0 heterocycles. The third kappa shape index (κ3) is 3.11. The minimum atomic E-state index is -1.03. The molecule has 0 atom stereocenters. The number of rotatable bonds is 4. The lowest BCUT2D eigenvalue weighted by molar-refractivity contribution is 0.0692. The number of hydrogen-bond donors (Lipinski definition) is 1. The first-order valence-electron chi connectivity index (χ1n) is 5.65. The molecule has 94 valence electrons. The molecule has 0 radical (unpaired) electrons. The SMILES string of the molecule is N#Cc1cccc(COc2ccccc2C(=O)O)c1. The van der Waals surface area contributed by atoms with Crippen molar-refractivity contribution < 1.29 is 14.6 Å². The first-order valence-corrected chi connectivity index (χ1v) is 5.65. The summed E-state index contributed by atoms with van der Waals surface area (Å²) >= 11 is 0. The molecule has 0 saturated carbocycles. The monoisotopic (exact) mass is 253 g/mol. The fourth-order valence-corrected chi connectivity index (χ4v) is 1.66. The summed E-state index contributed by atoms with van der Waals surface area (Å²) in [4.78, 5) is 11.0. The lowest BCUT2D eigenvalue weighted by Gasteiger charge is -2.09. The van der Waals surface area contributed by atoms with Crippen molar-refractivity contribution >= 4 is 5.97 Å². The lowest BCUT2D eigenvalue weighted by atomic mass is 10.1. The maximum atomic E-state index is 11.0. The molecule has 4 nitrogen and oxygen atoms in total. The van der Waals surface area contributed by atoms with Gasteiger partial charge in [-0.25, -0.2) is 4.79 Å². The molecule has 0 spiro atoms. The maximum absolute atomic E-state index is 11.0. The molecular weight excluding hydrogens is 242 g/mol. The van der Waals surface area contributed by atoms with Crippen LogP contribution in [0.4, 0.5) is 0 Å². The Morgan fingerprint density at radius 3 is 2.74 bits per heavy atom. The molecule has 19 heavy (non-hydrogen) atoms. The van der Waals surface area contributed by atoms with Crippen molar-refractivity contribution in [3.63, 3.8) is 0 Å². The number of carbonyl (C=O) groups is 1. The largest absolute Gasteiger partial charge is 0.488 e. The minimum Gasteiger partial charge on any atom is -0.488 e. The maximum Gasteiger partial charge on any atom is 0.339 e. The molecule has 2 rings (SSSR count). The van der Waals surface area contributed by atoms with Gasteiger partial charge in [-0.15, -0.1) is 0 Å². The number of carboxylic acid groups (broad SMARTS) is 1. The molecule has 0 unspecified atom stereocenters. The van der Waals surface area contributed by atoms with E-state index < -0.39 is 5.97 Å². The van der Waals surface area contributed by atoms with Crippen LogP contribution in [0.3, 0.4) is 0 Å². The van der Waals surface area contributed by atoms with E-state index >= 15 is 0 Å². The molecule has 0 aliphatic rings. The summed E-state index contributed by atoms with van der Waals surface area (Å²) in [6, 6.07) is 15.5. The molecule has 0 fully saturated rings. The molecular formula is C15H11NO3. The van der Waals surface area contributed by atoms with Crippen LogP contribution < -0.4 is 4.74 Å². The fourth-order valence-electron chi connectivity index (χ4n) is 1.66. The lowest BCUT2D eigenvalue weighted by Crippen LogP contribution is -2.03. The van der Waals surface area contributed by atoms with E-state index in [4.69, 9.17) is 15.1 Å². The van der Waals surface area contributed by atoms with E-state index in [9.17, 15) is 4.79 Å². The second kappa shape index (κ2) is 5.69. The Morgan fingerprint density at radius 1 is 1.21 bits per heavy atom. The van der Waals surface area contributed by atoms with E-state index in [2.05, 4.69) is 0 Å². The van der Waals surface area contributed by atoms with E-state index in [-0.39, 0.29) is 12.2 Å². The van der Waals surface area contributed by atoms with Gasteiger partial charge in [-0.05, 0) is 29.8 Å². The number of nitrogens with zero attached hydrogens (tertiary/aromatic N) is 1. The smallest absolute Gasteiger partial charge is 0.339 e. The van der Waals surface area contributed by atoms with Crippen LogP contribution in [0.1, 0.15) is 21.5 Å². The molecule has 4 heteroatoms. The Labute approximate surface area is 110 Å². The average Bonchev–Trinajstić information content (AvgIpc) is 2.45.